The van der Waals surface area contributed by atoms with Crippen LogP contribution in [0.5, 0.6) is 0 Å². The molecule has 0 bridgehead atoms. The molecule has 0 radical (unpaired) electrons. The van der Waals surface area contributed by atoms with E-state index in [0.29, 0.717) is 6.04 Å². The lowest BCUT2D eigenvalue weighted by atomic mass is 10.2. The first-order valence-electron chi connectivity index (χ1n) is 4.95. The SMILES string of the molecule is CCCNC(=O)NC1CCSCC1. The van der Waals surface area contributed by atoms with Gasteiger partial charge in [-0.2, -0.15) is 11.8 Å². The molecule has 0 aromatic heterocycles. The molecule has 1 saturated heterocycles. The minimum atomic E-state index is -0.00116. The highest BCUT2D eigenvalue weighted by Crippen LogP contribution is 2.16. The Kier molecular flexibility index (Phi) is 5.05. The lowest BCUT2D eigenvalue weighted by Gasteiger charge is -2.22. The summed E-state index contributed by atoms with van der Waals surface area (Å²) in [5.74, 6) is 2.36. The van der Waals surface area contributed by atoms with Gasteiger partial charge in [-0.15, -0.1) is 0 Å². The van der Waals surface area contributed by atoms with Crippen LogP contribution in [0.4, 0.5) is 4.79 Å². The minimum Gasteiger partial charge on any atom is -0.338 e. The van der Waals surface area contributed by atoms with E-state index < -0.39 is 0 Å². The molecular formula is C9H18N2OS. The molecule has 0 aromatic carbocycles. The zero-order valence-corrected chi connectivity index (χ0v) is 8.95. The number of rotatable bonds is 3. The van der Waals surface area contributed by atoms with E-state index in [-0.39, 0.29) is 6.03 Å². The predicted molar refractivity (Wildman–Crippen MR) is 57.2 cm³/mol. The van der Waals surface area contributed by atoms with E-state index in [2.05, 4.69) is 17.6 Å². The zero-order valence-electron chi connectivity index (χ0n) is 8.14. The lowest BCUT2D eigenvalue weighted by Crippen LogP contribution is -2.43. The number of hydrogen-bond donors (Lipinski definition) is 2. The first-order chi connectivity index (χ1) is 6.33. The number of carbonyl (C=O) groups excluding carboxylic acids is 1. The van der Waals surface area contributed by atoms with Gasteiger partial charge in [0.1, 0.15) is 0 Å². The maximum Gasteiger partial charge on any atom is 0.315 e. The molecule has 0 aromatic rings. The van der Waals surface area contributed by atoms with Crippen molar-refractivity contribution in [3.63, 3.8) is 0 Å². The molecule has 2 amide bonds. The third-order valence-electron chi connectivity index (χ3n) is 2.09. The fourth-order valence-electron chi connectivity index (χ4n) is 1.32. The summed E-state index contributed by atoms with van der Waals surface area (Å²) in [4.78, 5) is 11.2. The topological polar surface area (TPSA) is 41.1 Å². The molecule has 0 unspecified atom stereocenters. The van der Waals surface area contributed by atoms with Crippen molar-refractivity contribution in [3.8, 4) is 0 Å². The molecule has 1 fully saturated rings. The van der Waals surface area contributed by atoms with E-state index in [1.54, 1.807) is 0 Å². The van der Waals surface area contributed by atoms with Gasteiger partial charge >= 0.3 is 6.03 Å². The Hall–Kier alpha value is -0.380. The maximum atomic E-state index is 11.2. The second-order valence-electron chi connectivity index (χ2n) is 3.29. The Bertz CT molecular complexity index is 158. The molecule has 1 aliphatic heterocycles. The lowest BCUT2D eigenvalue weighted by molar-refractivity contribution is 0.236. The van der Waals surface area contributed by atoms with Gasteiger partial charge in [0.25, 0.3) is 0 Å². The van der Waals surface area contributed by atoms with Crippen molar-refractivity contribution in [2.24, 2.45) is 0 Å². The highest BCUT2D eigenvalue weighted by atomic mass is 32.2. The molecule has 13 heavy (non-hydrogen) atoms. The zero-order chi connectivity index (χ0) is 9.52. The Balaban J connectivity index is 2.11. The summed E-state index contributed by atoms with van der Waals surface area (Å²) in [5.41, 5.74) is 0. The van der Waals surface area contributed by atoms with Gasteiger partial charge in [-0.25, -0.2) is 4.79 Å². The Morgan fingerprint density at radius 3 is 2.77 bits per heavy atom. The largest absolute Gasteiger partial charge is 0.338 e. The molecule has 1 aliphatic rings. The van der Waals surface area contributed by atoms with E-state index >= 15 is 0 Å². The second-order valence-corrected chi connectivity index (χ2v) is 4.51. The van der Waals surface area contributed by atoms with E-state index in [0.717, 1.165) is 25.8 Å². The quantitative estimate of drug-likeness (QED) is 0.729. The van der Waals surface area contributed by atoms with Crippen molar-refractivity contribution >= 4 is 17.8 Å². The van der Waals surface area contributed by atoms with Gasteiger partial charge in [-0.05, 0) is 30.8 Å². The van der Waals surface area contributed by atoms with Crippen LogP contribution < -0.4 is 10.6 Å². The molecule has 2 N–H and O–H groups in total. The minimum absolute atomic E-state index is 0.00116. The molecule has 0 aliphatic carbocycles. The van der Waals surface area contributed by atoms with Crippen molar-refractivity contribution in [2.75, 3.05) is 18.1 Å². The molecule has 3 nitrogen and oxygen atoms in total. The van der Waals surface area contributed by atoms with Gasteiger partial charge in [0, 0.05) is 12.6 Å². The number of urea groups is 1. The van der Waals surface area contributed by atoms with Gasteiger partial charge in [0.15, 0.2) is 0 Å². The highest BCUT2D eigenvalue weighted by molar-refractivity contribution is 7.99. The van der Waals surface area contributed by atoms with Gasteiger partial charge in [0.2, 0.25) is 0 Å². The monoisotopic (exact) mass is 202 g/mol. The summed E-state index contributed by atoms with van der Waals surface area (Å²) < 4.78 is 0. The van der Waals surface area contributed by atoms with Gasteiger partial charge in [-0.1, -0.05) is 6.92 Å². The molecule has 0 spiro atoms. The molecular weight excluding hydrogens is 184 g/mol. The smallest absolute Gasteiger partial charge is 0.315 e. The Morgan fingerprint density at radius 1 is 1.46 bits per heavy atom. The van der Waals surface area contributed by atoms with E-state index in [1.807, 2.05) is 11.8 Å². The molecule has 4 heteroatoms. The fourth-order valence-corrected chi connectivity index (χ4v) is 2.42. The van der Waals surface area contributed by atoms with Gasteiger partial charge in [-0.3, -0.25) is 0 Å². The van der Waals surface area contributed by atoms with E-state index in [9.17, 15) is 4.79 Å². The van der Waals surface area contributed by atoms with Crippen LogP contribution in [0.3, 0.4) is 0 Å². The molecule has 76 valence electrons. The van der Waals surface area contributed by atoms with Gasteiger partial charge in [0.05, 0.1) is 0 Å². The van der Waals surface area contributed by atoms with Crippen LogP contribution in [-0.2, 0) is 0 Å². The van der Waals surface area contributed by atoms with Crippen molar-refractivity contribution in [3.05, 3.63) is 0 Å². The third-order valence-corrected chi connectivity index (χ3v) is 3.14. The van der Waals surface area contributed by atoms with Crippen LogP contribution in [0.2, 0.25) is 0 Å². The predicted octanol–water partition coefficient (Wildman–Crippen LogP) is 1.59. The van der Waals surface area contributed by atoms with Gasteiger partial charge < -0.3 is 10.6 Å². The standard InChI is InChI=1S/C9H18N2OS/c1-2-5-10-9(12)11-8-3-6-13-7-4-8/h8H,2-7H2,1H3,(H2,10,11,12). The Morgan fingerprint density at radius 2 is 2.15 bits per heavy atom. The number of hydrogen-bond acceptors (Lipinski definition) is 2. The summed E-state index contributed by atoms with van der Waals surface area (Å²) in [6.45, 7) is 2.82. The van der Waals surface area contributed by atoms with Crippen molar-refractivity contribution in [2.45, 2.75) is 32.2 Å². The van der Waals surface area contributed by atoms with E-state index in [1.165, 1.54) is 11.5 Å². The van der Waals surface area contributed by atoms with Crippen molar-refractivity contribution in [1.82, 2.24) is 10.6 Å². The second kappa shape index (κ2) is 6.13. The fraction of sp³-hybridized carbons (Fsp3) is 0.889. The molecule has 0 atom stereocenters. The molecule has 0 saturated carbocycles. The number of amides is 2. The summed E-state index contributed by atoms with van der Waals surface area (Å²) in [5, 5.41) is 5.81. The van der Waals surface area contributed by atoms with Crippen LogP contribution in [-0.4, -0.2) is 30.1 Å². The first kappa shape index (κ1) is 10.7. The highest BCUT2D eigenvalue weighted by Gasteiger charge is 2.14. The van der Waals surface area contributed by atoms with Crippen LogP contribution in [0.15, 0.2) is 0 Å². The van der Waals surface area contributed by atoms with Crippen LogP contribution in [0.1, 0.15) is 26.2 Å². The summed E-state index contributed by atoms with van der Waals surface area (Å²) in [6, 6.07) is 0.400. The average molecular weight is 202 g/mol. The van der Waals surface area contributed by atoms with Crippen LogP contribution in [0, 0.1) is 0 Å². The van der Waals surface area contributed by atoms with Crippen molar-refractivity contribution in [1.29, 1.82) is 0 Å². The van der Waals surface area contributed by atoms with Crippen LogP contribution >= 0.6 is 11.8 Å². The average Bonchev–Trinajstić information content (AvgIpc) is 2.16. The Labute approximate surface area is 84.0 Å². The molecule has 1 rings (SSSR count). The van der Waals surface area contributed by atoms with Crippen molar-refractivity contribution < 1.29 is 4.79 Å². The number of thioether (sulfide) groups is 1. The molecule has 1 heterocycles. The maximum absolute atomic E-state index is 11.2. The van der Waals surface area contributed by atoms with E-state index in [4.69, 9.17) is 0 Å². The third kappa shape index (κ3) is 4.41. The number of carbonyl (C=O) groups is 1. The number of nitrogens with one attached hydrogen (secondary N) is 2. The normalized spacial score (nSPS) is 18.2. The van der Waals surface area contributed by atoms with Crippen LogP contribution in [0.25, 0.3) is 0 Å². The summed E-state index contributed by atoms with van der Waals surface area (Å²) in [7, 11) is 0. The first-order valence-corrected chi connectivity index (χ1v) is 6.10. The summed E-state index contributed by atoms with van der Waals surface area (Å²) >= 11 is 1.97. The summed E-state index contributed by atoms with van der Waals surface area (Å²) in [6.07, 6.45) is 3.22.